The van der Waals surface area contributed by atoms with Gasteiger partial charge in [0.25, 0.3) is 0 Å². The van der Waals surface area contributed by atoms with Gasteiger partial charge in [-0.05, 0) is 12.1 Å². The van der Waals surface area contributed by atoms with Gasteiger partial charge in [-0.3, -0.25) is 9.48 Å². The zero-order valence-electron chi connectivity index (χ0n) is 9.32. The van der Waals surface area contributed by atoms with Crippen LogP contribution in [0.25, 0.3) is 0 Å². The molecule has 0 radical (unpaired) electrons. The van der Waals surface area contributed by atoms with E-state index in [1.165, 1.54) is 10.9 Å². The van der Waals surface area contributed by atoms with Gasteiger partial charge in [0, 0.05) is 13.2 Å². The standard InChI is InChI=1S/C11H8ClF2N3O/c1-17-5-6(15-16-17)2-11(18)7-3-10(14)8(12)4-9(7)13/h3-5H,2H2,1H3. The molecule has 0 unspecified atom stereocenters. The van der Waals surface area contributed by atoms with Gasteiger partial charge in [0.1, 0.15) is 11.6 Å². The summed E-state index contributed by atoms with van der Waals surface area (Å²) in [5, 5.41) is 6.99. The normalized spacial score (nSPS) is 10.7. The van der Waals surface area contributed by atoms with Gasteiger partial charge < -0.3 is 0 Å². The van der Waals surface area contributed by atoms with Crippen LogP contribution >= 0.6 is 11.6 Å². The summed E-state index contributed by atoms with van der Waals surface area (Å²) in [6.07, 6.45) is 1.38. The van der Waals surface area contributed by atoms with E-state index >= 15 is 0 Å². The van der Waals surface area contributed by atoms with Gasteiger partial charge in [0.05, 0.1) is 22.7 Å². The van der Waals surface area contributed by atoms with E-state index in [2.05, 4.69) is 10.3 Å². The summed E-state index contributed by atoms with van der Waals surface area (Å²) in [6.45, 7) is 0. The molecule has 0 bridgehead atoms. The first-order chi connectivity index (χ1) is 8.47. The molecule has 0 spiro atoms. The van der Waals surface area contributed by atoms with Gasteiger partial charge in [-0.2, -0.15) is 0 Å². The second-order valence-electron chi connectivity index (χ2n) is 3.73. The summed E-state index contributed by atoms with van der Waals surface area (Å²) >= 11 is 5.40. The first-order valence-electron chi connectivity index (χ1n) is 5.00. The molecule has 0 atom stereocenters. The molecule has 1 aromatic carbocycles. The number of benzene rings is 1. The summed E-state index contributed by atoms with van der Waals surface area (Å²) in [5.41, 5.74) is 0.0415. The van der Waals surface area contributed by atoms with Crippen LogP contribution in [0.15, 0.2) is 18.3 Å². The predicted molar refractivity (Wildman–Crippen MR) is 60.4 cm³/mol. The van der Waals surface area contributed by atoms with Gasteiger partial charge in [-0.25, -0.2) is 8.78 Å². The van der Waals surface area contributed by atoms with Crippen molar-refractivity contribution in [1.29, 1.82) is 0 Å². The molecule has 0 aliphatic carbocycles. The Labute approximate surface area is 106 Å². The average Bonchev–Trinajstić information content (AvgIpc) is 2.69. The molecule has 0 amide bonds. The fraction of sp³-hybridized carbons (Fsp3) is 0.182. The first kappa shape index (κ1) is 12.6. The van der Waals surface area contributed by atoms with Crippen LogP contribution in [0.3, 0.4) is 0 Å². The number of aryl methyl sites for hydroxylation is 1. The number of Topliss-reactive ketones (excluding diaryl/α,β-unsaturated/α-hetero) is 1. The highest BCUT2D eigenvalue weighted by Gasteiger charge is 2.17. The third-order valence-electron chi connectivity index (χ3n) is 2.30. The summed E-state index contributed by atoms with van der Waals surface area (Å²) in [6, 6.07) is 1.57. The molecule has 0 fully saturated rings. The molecule has 18 heavy (non-hydrogen) atoms. The van der Waals surface area contributed by atoms with Crippen LogP contribution in [-0.4, -0.2) is 20.8 Å². The molecule has 0 saturated carbocycles. The molecule has 94 valence electrons. The maximum absolute atomic E-state index is 13.5. The quantitative estimate of drug-likeness (QED) is 0.635. The lowest BCUT2D eigenvalue weighted by Crippen LogP contribution is -2.07. The molecule has 2 aromatic rings. The summed E-state index contributed by atoms with van der Waals surface area (Å²) in [7, 11) is 1.64. The Morgan fingerprint density at radius 2 is 2.11 bits per heavy atom. The minimum absolute atomic E-state index is 0.147. The van der Waals surface area contributed by atoms with Crippen molar-refractivity contribution in [3.8, 4) is 0 Å². The van der Waals surface area contributed by atoms with E-state index in [1.54, 1.807) is 7.05 Å². The van der Waals surface area contributed by atoms with E-state index in [0.29, 0.717) is 5.69 Å². The van der Waals surface area contributed by atoms with Gasteiger partial charge in [0.2, 0.25) is 0 Å². The number of hydrogen-bond acceptors (Lipinski definition) is 3. The fourth-order valence-corrected chi connectivity index (χ4v) is 1.62. The maximum Gasteiger partial charge on any atom is 0.171 e. The highest BCUT2D eigenvalue weighted by molar-refractivity contribution is 6.30. The smallest absolute Gasteiger partial charge is 0.171 e. The second-order valence-corrected chi connectivity index (χ2v) is 4.14. The van der Waals surface area contributed by atoms with Crippen LogP contribution < -0.4 is 0 Å². The number of rotatable bonds is 3. The van der Waals surface area contributed by atoms with Crippen molar-refractivity contribution < 1.29 is 13.6 Å². The van der Waals surface area contributed by atoms with E-state index in [0.717, 1.165) is 12.1 Å². The van der Waals surface area contributed by atoms with Gasteiger partial charge in [0.15, 0.2) is 5.78 Å². The van der Waals surface area contributed by atoms with Crippen molar-refractivity contribution in [3.63, 3.8) is 0 Å². The Morgan fingerprint density at radius 1 is 1.39 bits per heavy atom. The van der Waals surface area contributed by atoms with Crippen molar-refractivity contribution in [2.45, 2.75) is 6.42 Å². The number of ketones is 1. The van der Waals surface area contributed by atoms with Gasteiger partial charge >= 0.3 is 0 Å². The SMILES string of the molecule is Cn1cc(CC(=O)c2cc(F)c(Cl)cc2F)nn1. The predicted octanol–water partition coefficient (Wildman–Crippen LogP) is 2.17. The van der Waals surface area contributed by atoms with Gasteiger partial charge in [-0.1, -0.05) is 16.8 Å². The van der Waals surface area contributed by atoms with E-state index in [9.17, 15) is 13.6 Å². The van der Waals surface area contributed by atoms with Crippen molar-refractivity contribution in [2.24, 2.45) is 7.05 Å². The Hall–Kier alpha value is -1.82. The number of aromatic nitrogens is 3. The maximum atomic E-state index is 13.5. The van der Waals surface area contributed by atoms with E-state index in [1.807, 2.05) is 0 Å². The van der Waals surface area contributed by atoms with Crippen LogP contribution in [0.4, 0.5) is 8.78 Å². The van der Waals surface area contributed by atoms with Crippen LogP contribution in [0.2, 0.25) is 5.02 Å². The Kier molecular flexibility index (Phi) is 3.38. The molecule has 7 heteroatoms. The van der Waals surface area contributed by atoms with Crippen molar-refractivity contribution in [2.75, 3.05) is 0 Å². The molecule has 0 saturated heterocycles. The van der Waals surface area contributed by atoms with Crippen LogP contribution in [-0.2, 0) is 13.5 Å². The van der Waals surface area contributed by atoms with Crippen LogP contribution in [0.5, 0.6) is 0 Å². The van der Waals surface area contributed by atoms with E-state index in [4.69, 9.17) is 11.6 Å². The second kappa shape index (κ2) is 4.81. The van der Waals surface area contributed by atoms with Crippen LogP contribution in [0.1, 0.15) is 16.1 Å². The molecular weight excluding hydrogens is 264 g/mol. The fourth-order valence-electron chi connectivity index (χ4n) is 1.47. The molecule has 0 aliphatic heterocycles. The highest BCUT2D eigenvalue weighted by Crippen LogP contribution is 2.20. The van der Waals surface area contributed by atoms with Crippen molar-refractivity contribution in [1.82, 2.24) is 15.0 Å². The Morgan fingerprint density at radius 3 is 2.72 bits per heavy atom. The number of hydrogen-bond donors (Lipinski definition) is 0. The lowest BCUT2D eigenvalue weighted by Gasteiger charge is -2.02. The number of carbonyl (C=O) groups excluding carboxylic acids is 1. The zero-order chi connectivity index (χ0) is 13.3. The van der Waals surface area contributed by atoms with Crippen molar-refractivity contribution in [3.05, 3.63) is 46.2 Å². The minimum Gasteiger partial charge on any atom is -0.294 e. The number of carbonyl (C=O) groups is 1. The van der Waals surface area contributed by atoms with E-state index in [-0.39, 0.29) is 17.0 Å². The van der Waals surface area contributed by atoms with Gasteiger partial charge in [-0.15, -0.1) is 5.10 Å². The van der Waals surface area contributed by atoms with Crippen LogP contribution in [0, 0.1) is 11.6 Å². The lowest BCUT2D eigenvalue weighted by atomic mass is 10.1. The third-order valence-corrected chi connectivity index (χ3v) is 2.59. The van der Waals surface area contributed by atoms with E-state index < -0.39 is 17.4 Å². The molecule has 0 aliphatic rings. The lowest BCUT2D eigenvalue weighted by molar-refractivity contribution is 0.0987. The molecular formula is C11H8ClF2N3O. The molecule has 1 aromatic heterocycles. The molecule has 4 nitrogen and oxygen atoms in total. The molecule has 1 heterocycles. The number of nitrogens with zero attached hydrogens (tertiary/aromatic N) is 3. The zero-order valence-corrected chi connectivity index (χ0v) is 10.1. The largest absolute Gasteiger partial charge is 0.294 e. The number of halogens is 3. The minimum atomic E-state index is -0.852. The topological polar surface area (TPSA) is 47.8 Å². The summed E-state index contributed by atoms with van der Waals surface area (Å²) in [5.74, 6) is -2.26. The first-order valence-corrected chi connectivity index (χ1v) is 5.38. The Balaban J connectivity index is 2.26. The van der Waals surface area contributed by atoms with Crippen molar-refractivity contribution >= 4 is 17.4 Å². The molecule has 0 N–H and O–H groups in total. The summed E-state index contributed by atoms with van der Waals surface area (Å²) < 4.78 is 28.1. The third kappa shape index (κ3) is 2.53. The molecule has 2 rings (SSSR count). The highest BCUT2D eigenvalue weighted by atomic mass is 35.5. The Bertz CT molecular complexity index is 612. The average molecular weight is 272 g/mol. The summed E-state index contributed by atoms with van der Waals surface area (Å²) in [4.78, 5) is 11.8. The monoisotopic (exact) mass is 271 g/mol.